The van der Waals surface area contributed by atoms with E-state index < -0.39 is 14.9 Å². The molecule has 1 aromatic carbocycles. The Morgan fingerprint density at radius 3 is 2.28 bits per heavy atom. The van der Waals surface area contributed by atoms with Gasteiger partial charge in [0.25, 0.3) is 5.69 Å². The van der Waals surface area contributed by atoms with Crippen LogP contribution in [0.4, 0.5) is 5.69 Å². The minimum Gasteiger partial charge on any atom is -0.303 e. The fraction of sp³-hybridized carbons (Fsp3) is 0.647. The second-order valence-corrected chi connectivity index (χ2v) is 8.99. The van der Waals surface area contributed by atoms with E-state index in [1.165, 1.54) is 28.6 Å². The summed E-state index contributed by atoms with van der Waals surface area (Å²) in [5.74, 6) is 0.657. The summed E-state index contributed by atoms with van der Waals surface area (Å²) in [7, 11) is -1.48. The number of benzene rings is 1. The number of piperidine rings is 1. The number of nitrogens with zero attached hydrogens (tertiary/aromatic N) is 3. The monoisotopic (exact) mass is 369 g/mol. The van der Waals surface area contributed by atoms with E-state index >= 15 is 0 Å². The van der Waals surface area contributed by atoms with Gasteiger partial charge in [0.05, 0.1) is 9.82 Å². The minimum absolute atomic E-state index is 0.107. The van der Waals surface area contributed by atoms with Crippen molar-refractivity contribution in [3.05, 3.63) is 34.4 Å². The zero-order valence-corrected chi connectivity index (χ0v) is 15.9. The molecule has 0 bridgehead atoms. The molecule has 0 aliphatic carbocycles. The van der Waals surface area contributed by atoms with Crippen molar-refractivity contribution in [1.82, 2.24) is 9.21 Å². The summed E-state index contributed by atoms with van der Waals surface area (Å²) in [5.41, 5.74) is -0.107. The fourth-order valence-electron chi connectivity index (χ4n) is 3.06. The zero-order valence-electron chi connectivity index (χ0n) is 15.1. The number of nitro groups is 1. The molecule has 140 valence electrons. The summed E-state index contributed by atoms with van der Waals surface area (Å²) < 4.78 is 26.9. The molecule has 2 rings (SSSR count). The number of hydrogen-bond donors (Lipinski definition) is 0. The van der Waals surface area contributed by atoms with Crippen LogP contribution in [0.2, 0.25) is 0 Å². The number of non-ortho nitro benzene ring substituents is 1. The fourth-order valence-corrected chi connectivity index (χ4v) is 4.53. The first-order valence-electron chi connectivity index (χ1n) is 8.66. The summed E-state index contributed by atoms with van der Waals surface area (Å²) in [4.78, 5) is 12.6. The maximum Gasteiger partial charge on any atom is 0.269 e. The van der Waals surface area contributed by atoms with Crippen molar-refractivity contribution >= 4 is 15.7 Å². The zero-order chi connectivity index (χ0) is 18.6. The maximum absolute atomic E-state index is 12.7. The molecule has 1 aromatic rings. The molecule has 0 aromatic heterocycles. The van der Waals surface area contributed by atoms with Crippen LogP contribution in [0.25, 0.3) is 0 Å². The highest BCUT2D eigenvalue weighted by atomic mass is 32.2. The SMILES string of the molecule is CC(C)CCN(C)C1CCN(S(=O)(=O)c2ccc([N+](=O)[O-])cc2)CC1. The molecule has 1 heterocycles. The molecule has 0 spiro atoms. The summed E-state index contributed by atoms with van der Waals surface area (Å²) in [5, 5.41) is 10.7. The van der Waals surface area contributed by atoms with E-state index in [4.69, 9.17) is 0 Å². The molecule has 1 aliphatic heterocycles. The van der Waals surface area contributed by atoms with Crippen LogP contribution in [0, 0.1) is 16.0 Å². The molecular formula is C17H27N3O4S. The van der Waals surface area contributed by atoms with Gasteiger partial charge < -0.3 is 4.90 Å². The molecular weight excluding hydrogens is 342 g/mol. The van der Waals surface area contributed by atoms with Gasteiger partial charge in [-0.1, -0.05) is 13.8 Å². The van der Waals surface area contributed by atoms with Gasteiger partial charge >= 0.3 is 0 Å². The standard InChI is InChI=1S/C17H27N3O4S/c1-14(2)8-11-18(3)15-9-12-19(13-10-15)25(23,24)17-6-4-16(5-7-17)20(21)22/h4-7,14-15H,8-13H2,1-3H3. The molecule has 0 radical (unpaired) electrons. The van der Waals surface area contributed by atoms with Gasteiger partial charge in [0.15, 0.2) is 0 Å². The Kier molecular flexibility index (Phi) is 6.53. The van der Waals surface area contributed by atoms with E-state index in [-0.39, 0.29) is 10.6 Å². The first-order chi connectivity index (χ1) is 11.7. The van der Waals surface area contributed by atoms with Crippen molar-refractivity contribution in [2.45, 2.75) is 44.0 Å². The highest BCUT2D eigenvalue weighted by Crippen LogP contribution is 2.24. The lowest BCUT2D eigenvalue weighted by molar-refractivity contribution is -0.384. The Labute approximate surface area is 149 Å². The highest BCUT2D eigenvalue weighted by Gasteiger charge is 2.30. The van der Waals surface area contributed by atoms with Crippen LogP contribution in [0.3, 0.4) is 0 Å². The van der Waals surface area contributed by atoms with Crippen LogP contribution in [0.5, 0.6) is 0 Å². The quantitative estimate of drug-likeness (QED) is 0.545. The Morgan fingerprint density at radius 2 is 1.80 bits per heavy atom. The Bertz CT molecular complexity index is 680. The van der Waals surface area contributed by atoms with Crippen molar-refractivity contribution in [1.29, 1.82) is 0 Å². The van der Waals surface area contributed by atoms with Crippen LogP contribution in [-0.4, -0.2) is 55.3 Å². The van der Waals surface area contributed by atoms with Crippen molar-refractivity contribution in [2.75, 3.05) is 26.7 Å². The van der Waals surface area contributed by atoms with Gasteiger partial charge in [-0.25, -0.2) is 8.42 Å². The number of sulfonamides is 1. The summed E-state index contributed by atoms with van der Waals surface area (Å²) >= 11 is 0. The van der Waals surface area contributed by atoms with Crippen molar-refractivity contribution in [3.8, 4) is 0 Å². The largest absolute Gasteiger partial charge is 0.303 e. The van der Waals surface area contributed by atoms with Gasteiger partial charge in [-0.2, -0.15) is 4.31 Å². The molecule has 1 aliphatic rings. The van der Waals surface area contributed by atoms with Crippen LogP contribution >= 0.6 is 0 Å². The average molecular weight is 369 g/mol. The summed E-state index contributed by atoms with van der Waals surface area (Å²) in [6.45, 7) is 6.39. The first-order valence-corrected chi connectivity index (χ1v) is 10.1. The minimum atomic E-state index is -3.59. The predicted octanol–water partition coefficient (Wildman–Crippen LogP) is 2.73. The maximum atomic E-state index is 12.7. The van der Waals surface area contributed by atoms with E-state index in [0.29, 0.717) is 25.0 Å². The van der Waals surface area contributed by atoms with E-state index in [1.54, 1.807) is 0 Å². The van der Waals surface area contributed by atoms with Crippen molar-refractivity contribution < 1.29 is 13.3 Å². The molecule has 0 atom stereocenters. The van der Waals surface area contributed by atoms with Crippen LogP contribution in [0.15, 0.2) is 29.2 Å². The van der Waals surface area contributed by atoms with E-state index in [0.717, 1.165) is 25.8 Å². The van der Waals surface area contributed by atoms with Crippen LogP contribution in [-0.2, 0) is 10.0 Å². The predicted molar refractivity (Wildman–Crippen MR) is 97.0 cm³/mol. The van der Waals surface area contributed by atoms with Gasteiger partial charge in [-0.05, 0) is 50.9 Å². The highest BCUT2D eigenvalue weighted by molar-refractivity contribution is 7.89. The van der Waals surface area contributed by atoms with Crippen LogP contribution in [0.1, 0.15) is 33.1 Å². The van der Waals surface area contributed by atoms with E-state index in [2.05, 4.69) is 25.8 Å². The molecule has 0 N–H and O–H groups in total. The van der Waals surface area contributed by atoms with Gasteiger partial charge in [0, 0.05) is 31.3 Å². The molecule has 1 saturated heterocycles. The van der Waals surface area contributed by atoms with Crippen LogP contribution < -0.4 is 0 Å². The van der Waals surface area contributed by atoms with Crippen molar-refractivity contribution in [2.24, 2.45) is 5.92 Å². The molecule has 0 unspecified atom stereocenters. The molecule has 0 amide bonds. The number of nitro benzene ring substituents is 1. The average Bonchev–Trinajstić information content (AvgIpc) is 2.59. The number of hydrogen-bond acceptors (Lipinski definition) is 5. The Morgan fingerprint density at radius 1 is 1.24 bits per heavy atom. The van der Waals surface area contributed by atoms with E-state index in [1.807, 2.05) is 0 Å². The van der Waals surface area contributed by atoms with Gasteiger partial charge in [-0.3, -0.25) is 10.1 Å². The third-order valence-corrected chi connectivity index (χ3v) is 6.70. The lowest BCUT2D eigenvalue weighted by atomic mass is 10.0. The first kappa shape index (κ1) is 19.8. The molecule has 0 saturated carbocycles. The molecule has 7 nitrogen and oxygen atoms in total. The summed E-state index contributed by atoms with van der Waals surface area (Å²) in [6.07, 6.45) is 2.75. The lowest BCUT2D eigenvalue weighted by Crippen LogP contribution is -2.45. The Balaban J connectivity index is 1.97. The molecule has 1 fully saturated rings. The smallest absolute Gasteiger partial charge is 0.269 e. The van der Waals surface area contributed by atoms with E-state index in [9.17, 15) is 18.5 Å². The second-order valence-electron chi connectivity index (χ2n) is 7.05. The summed E-state index contributed by atoms with van der Waals surface area (Å²) in [6, 6.07) is 5.50. The second kappa shape index (κ2) is 8.25. The lowest BCUT2D eigenvalue weighted by Gasteiger charge is -2.36. The van der Waals surface area contributed by atoms with Gasteiger partial charge in [-0.15, -0.1) is 0 Å². The number of rotatable bonds is 7. The van der Waals surface area contributed by atoms with Gasteiger partial charge in [0.1, 0.15) is 0 Å². The normalized spacial score (nSPS) is 17.3. The molecule has 8 heteroatoms. The Hall–Kier alpha value is -1.51. The third kappa shape index (κ3) is 4.99. The third-order valence-electron chi connectivity index (χ3n) is 4.79. The van der Waals surface area contributed by atoms with Crippen molar-refractivity contribution in [3.63, 3.8) is 0 Å². The topological polar surface area (TPSA) is 83.8 Å². The van der Waals surface area contributed by atoms with Gasteiger partial charge in [0.2, 0.25) is 10.0 Å². The molecule has 25 heavy (non-hydrogen) atoms.